The van der Waals surface area contributed by atoms with Crippen molar-refractivity contribution in [2.24, 2.45) is 17.1 Å². The van der Waals surface area contributed by atoms with Crippen LogP contribution in [0.1, 0.15) is 93.1 Å². The molecule has 1 rings (SSSR count). The molecule has 12 heteroatoms. The molecule has 2 unspecified atom stereocenters. The summed E-state index contributed by atoms with van der Waals surface area (Å²) in [6.07, 6.45) is 2.13. The monoisotopic (exact) mass is 619 g/mol. The van der Waals surface area contributed by atoms with E-state index in [2.05, 4.69) is 42.0 Å². The van der Waals surface area contributed by atoms with E-state index in [1.165, 1.54) is 6.92 Å². The van der Waals surface area contributed by atoms with E-state index in [1.807, 2.05) is 27.7 Å². The number of rotatable bonds is 18. The first-order valence-electron chi connectivity index (χ1n) is 15.2. The van der Waals surface area contributed by atoms with Crippen LogP contribution in [0.2, 0.25) is 0 Å². The number of anilines is 1. The first kappa shape index (κ1) is 38.4. The van der Waals surface area contributed by atoms with E-state index in [-0.39, 0.29) is 43.2 Å². The molecule has 1 aromatic carbocycles. The summed E-state index contributed by atoms with van der Waals surface area (Å²) in [5.74, 6) is -1.89. The highest BCUT2D eigenvalue weighted by Gasteiger charge is 2.30. The van der Waals surface area contributed by atoms with Crippen molar-refractivity contribution in [1.82, 2.24) is 16.0 Å². The molecule has 0 bridgehead atoms. The number of nitrogens with one attached hydrogen (secondary N) is 4. The van der Waals surface area contributed by atoms with Crippen LogP contribution in [0.4, 0.5) is 10.5 Å². The maximum atomic E-state index is 13.4. The molecule has 0 radical (unpaired) electrons. The van der Waals surface area contributed by atoms with Gasteiger partial charge in [-0.15, -0.1) is 0 Å². The molecule has 1 aromatic rings. The molecule has 2 atom stereocenters. The average molecular weight is 620 g/mol. The quantitative estimate of drug-likeness (QED) is 0.123. The van der Waals surface area contributed by atoms with Gasteiger partial charge in [-0.3, -0.25) is 19.2 Å². The average Bonchev–Trinajstić information content (AvgIpc) is 2.90. The second kappa shape index (κ2) is 18.2. The molecule has 0 fully saturated rings. The first-order chi connectivity index (χ1) is 20.4. The van der Waals surface area contributed by atoms with Crippen molar-refractivity contribution in [2.75, 3.05) is 18.5 Å². The SMILES string of the molecule is CC(=O)OCc1ccc(NC(=O)C(CCCNC(N)=O)NC(=O)C(NC(=O)CCC(C)(C)OCCC(C)(C)C)C(C)C)cc1. The van der Waals surface area contributed by atoms with E-state index in [0.717, 1.165) is 12.0 Å². The van der Waals surface area contributed by atoms with Crippen LogP contribution in [0.25, 0.3) is 0 Å². The van der Waals surface area contributed by atoms with Crippen LogP contribution in [-0.4, -0.2) is 60.6 Å². The Morgan fingerprint density at radius 1 is 0.909 bits per heavy atom. The van der Waals surface area contributed by atoms with Crippen molar-refractivity contribution in [1.29, 1.82) is 0 Å². The van der Waals surface area contributed by atoms with E-state index in [0.29, 0.717) is 25.1 Å². The number of esters is 1. The lowest BCUT2D eigenvalue weighted by Crippen LogP contribution is -2.54. The minimum absolute atomic E-state index is 0.110. The van der Waals surface area contributed by atoms with E-state index in [9.17, 15) is 24.0 Å². The standard InChI is InChI=1S/C32H53N5O7/c1-21(2)27(37-26(39)15-16-32(7,8)44-19-17-31(4,5)6)29(41)36-25(10-9-18-34-30(33)42)28(40)35-24-13-11-23(12-14-24)20-43-22(3)38/h11-14,21,25,27H,9-10,15-20H2,1-8H3,(H,35,40)(H,36,41)(H,37,39)(H3,33,34,42). The molecule has 44 heavy (non-hydrogen) atoms. The Morgan fingerprint density at radius 2 is 1.55 bits per heavy atom. The second-order valence-corrected chi connectivity index (χ2v) is 13.2. The Bertz CT molecular complexity index is 1100. The summed E-state index contributed by atoms with van der Waals surface area (Å²) in [5, 5.41) is 10.9. The van der Waals surface area contributed by atoms with Gasteiger partial charge in [0.1, 0.15) is 18.7 Å². The van der Waals surface area contributed by atoms with E-state index in [1.54, 1.807) is 24.3 Å². The van der Waals surface area contributed by atoms with Gasteiger partial charge in [0, 0.05) is 32.2 Å². The van der Waals surface area contributed by atoms with E-state index >= 15 is 0 Å². The van der Waals surface area contributed by atoms with Gasteiger partial charge in [-0.1, -0.05) is 46.8 Å². The summed E-state index contributed by atoms with van der Waals surface area (Å²) in [4.78, 5) is 61.6. The molecular formula is C32H53N5O7. The normalized spacial score (nSPS) is 13.0. The fourth-order valence-corrected chi connectivity index (χ4v) is 4.05. The largest absolute Gasteiger partial charge is 0.461 e. The van der Waals surface area contributed by atoms with Crippen LogP contribution in [0.3, 0.4) is 0 Å². The zero-order valence-electron chi connectivity index (χ0n) is 27.6. The fourth-order valence-electron chi connectivity index (χ4n) is 4.05. The maximum Gasteiger partial charge on any atom is 0.312 e. The summed E-state index contributed by atoms with van der Waals surface area (Å²) in [6.45, 7) is 16.2. The minimum atomic E-state index is -0.953. The maximum absolute atomic E-state index is 13.4. The lowest BCUT2D eigenvalue weighted by atomic mass is 9.92. The number of urea groups is 1. The third-order valence-corrected chi connectivity index (χ3v) is 6.83. The zero-order valence-corrected chi connectivity index (χ0v) is 27.6. The van der Waals surface area contributed by atoms with Crippen molar-refractivity contribution in [3.05, 3.63) is 29.8 Å². The fraction of sp³-hybridized carbons (Fsp3) is 0.656. The molecule has 12 nitrogen and oxygen atoms in total. The van der Waals surface area contributed by atoms with Gasteiger partial charge in [0.15, 0.2) is 0 Å². The van der Waals surface area contributed by atoms with Gasteiger partial charge in [0.2, 0.25) is 17.7 Å². The van der Waals surface area contributed by atoms with Crippen LogP contribution in [0.15, 0.2) is 24.3 Å². The Balaban J connectivity index is 2.87. The summed E-state index contributed by atoms with van der Waals surface area (Å²) >= 11 is 0. The molecular weight excluding hydrogens is 566 g/mol. The molecule has 0 saturated carbocycles. The topological polar surface area (TPSA) is 178 Å². The summed E-state index contributed by atoms with van der Waals surface area (Å²) < 4.78 is 11.0. The number of amides is 5. The van der Waals surface area contributed by atoms with Crippen LogP contribution in [0.5, 0.6) is 0 Å². The first-order valence-corrected chi connectivity index (χ1v) is 15.2. The van der Waals surface area contributed by atoms with Crippen molar-refractivity contribution in [3.8, 4) is 0 Å². The van der Waals surface area contributed by atoms with Crippen molar-refractivity contribution in [2.45, 2.75) is 112 Å². The zero-order chi connectivity index (χ0) is 33.5. The molecule has 0 aliphatic rings. The summed E-state index contributed by atoms with van der Waals surface area (Å²) in [5.41, 5.74) is 6.02. The van der Waals surface area contributed by atoms with Crippen molar-refractivity contribution in [3.63, 3.8) is 0 Å². The van der Waals surface area contributed by atoms with Gasteiger partial charge in [0.05, 0.1) is 5.60 Å². The third kappa shape index (κ3) is 16.8. The summed E-state index contributed by atoms with van der Waals surface area (Å²) in [7, 11) is 0. The number of ether oxygens (including phenoxy) is 2. The van der Waals surface area contributed by atoms with E-state index < -0.39 is 41.5 Å². The number of primary amides is 1. The van der Waals surface area contributed by atoms with Gasteiger partial charge < -0.3 is 36.5 Å². The minimum Gasteiger partial charge on any atom is -0.461 e. The molecule has 0 aromatic heterocycles. The molecule has 5 amide bonds. The second-order valence-electron chi connectivity index (χ2n) is 13.2. The van der Waals surface area contributed by atoms with Gasteiger partial charge in [-0.25, -0.2) is 4.79 Å². The lowest BCUT2D eigenvalue weighted by molar-refractivity contribution is -0.142. The molecule has 0 heterocycles. The number of hydrogen-bond donors (Lipinski definition) is 5. The Kier molecular flexibility index (Phi) is 15.9. The third-order valence-electron chi connectivity index (χ3n) is 6.83. The Hall–Kier alpha value is -3.67. The predicted molar refractivity (Wildman–Crippen MR) is 169 cm³/mol. The Morgan fingerprint density at radius 3 is 2.09 bits per heavy atom. The number of nitrogens with two attached hydrogens (primary N) is 1. The van der Waals surface area contributed by atoms with Crippen LogP contribution in [-0.2, 0) is 35.3 Å². The highest BCUT2D eigenvalue weighted by Crippen LogP contribution is 2.22. The summed E-state index contributed by atoms with van der Waals surface area (Å²) in [6, 6.07) is 4.24. The number of carbonyl (C=O) groups excluding carboxylic acids is 5. The highest BCUT2D eigenvalue weighted by molar-refractivity contribution is 5.98. The van der Waals surface area contributed by atoms with Gasteiger partial charge in [0.25, 0.3) is 0 Å². The molecule has 6 N–H and O–H groups in total. The van der Waals surface area contributed by atoms with Gasteiger partial charge in [-0.05, 0) is 68.6 Å². The smallest absolute Gasteiger partial charge is 0.312 e. The number of hydrogen-bond acceptors (Lipinski definition) is 7. The van der Waals surface area contributed by atoms with Crippen LogP contribution in [0, 0.1) is 11.3 Å². The van der Waals surface area contributed by atoms with Gasteiger partial charge in [-0.2, -0.15) is 0 Å². The van der Waals surface area contributed by atoms with Gasteiger partial charge >= 0.3 is 12.0 Å². The van der Waals surface area contributed by atoms with Crippen molar-refractivity contribution < 1.29 is 33.4 Å². The van der Waals surface area contributed by atoms with Crippen molar-refractivity contribution >= 4 is 35.4 Å². The molecule has 0 aliphatic heterocycles. The predicted octanol–water partition coefficient (Wildman–Crippen LogP) is 3.77. The van der Waals surface area contributed by atoms with Crippen LogP contribution >= 0.6 is 0 Å². The highest BCUT2D eigenvalue weighted by atomic mass is 16.5. The molecule has 0 aliphatic carbocycles. The number of carbonyl (C=O) groups is 5. The van der Waals surface area contributed by atoms with E-state index in [4.69, 9.17) is 15.2 Å². The lowest BCUT2D eigenvalue weighted by Gasteiger charge is -2.28. The number of benzene rings is 1. The Labute approximate surface area is 261 Å². The van der Waals surface area contributed by atoms with Crippen LogP contribution < -0.4 is 27.0 Å². The molecule has 0 spiro atoms. The molecule has 0 saturated heterocycles. The molecule has 248 valence electrons.